The van der Waals surface area contributed by atoms with Gasteiger partial charge in [-0.05, 0) is 32.6 Å². The normalized spacial score (nSPS) is 34.9. The van der Waals surface area contributed by atoms with Crippen LogP contribution in [0.25, 0.3) is 0 Å². The Morgan fingerprint density at radius 2 is 2.24 bits per heavy atom. The Kier molecular flexibility index (Phi) is 4.19. The largest absolute Gasteiger partial charge is 0.300 e. The number of carbonyl (C=O) groups excluding carboxylic acids is 1. The zero-order valence-corrected chi connectivity index (χ0v) is 12.2. The van der Waals surface area contributed by atoms with E-state index in [-0.39, 0.29) is 0 Å². The summed E-state index contributed by atoms with van der Waals surface area (Å²) in [5.41, 5.74) is 0. The van der Waals surface area contributed by atoms with Crippen LogP contribution < -0.4 is 0 Å². The van der Waals surface area contributed by atoms with Crippen molar-refractivity contribution in [3.05, 3.63) is 0 Å². The lowest BCUT2D eigenvalue weighted by Gasteiger charge is -2.40. The van der Waals surface area contributed by atoms with Crippen LogP contribution in [0.1, 0.15) is 40.0 Å². The first-order valence-electron chi connectivity index (χ1n) is 6.85. The molecule has 2 aliphatic rings. The molecule has 0 aromatic carbocycles. The quantitative estimate of drug-likeness (QED) is 0.757. The molecule has 0 spiro atoms. The molecular formula is C14H25NOS. The van der Waals surface area contributed by atoms with Gasteiger partial charge in [0.2, 0.25) is 0 Å². The molecule has 0 amide bonds. The molecule has 1 aliphatic heterocycles. The number of Topliss-reactive ketones (excluding diaryl/α,β-unsaturated/α-hetero) is 1. The topological polar surface area (TPSA) is 20.3 Å². The summed E-state index contributed by atoms with van der Waals surface area (Å²) in [6.45, 7) is 10.2. The average molecular weight is 255 g/mol. The summed E-state index contributed by atoms with van der Waals surface area (Å²) < 4.78 is 0.363. The summed E-state index contributed by atoms with van der Waals surface area (Å²) in [6.07, 6.45) is 3.04. The van der Waals surface area contributed by atoms with Crippen LogP contribution >= 0.6 is 11.8 Å². The zero-order valence-electron chi connectivity index (χ0n) is 11.4. The monoisotopic (exact) mass is 255 g/mol. The standard InChI is InChI=1S/C14H25NOS/c1-11-4-5-13(16)12(8-11)9-15-6-7-17-14(2,3)10-15/h11-12H,4-10H2,1-3H3. The summed E-state index contributed by atoms with van der Waals surface area (Å²) in [6, 6.07) is 0. The van der Waals surface area contributed by atoms with Gasteiger partial charge in [0.25, 0.3) is 0 Å². The van der Waals surface area contributed by atoms with E-state index in [0.717, 1.165) is 44.8 Å². The molecule has 1 saturated carbocycles. The molecule has 0 N–H and O–H groups in total. The van der Waals surface area contributed by atoms with Crippen LogP contribution in [0.5, 0.6) is 0 Å². The van der Waals surface area contributed by atoms with Crippen molar-refractivity contribution in [3.8, 4) is 0 Å². The number of hydrogen-bond donors (Lipinski definition) is 0. The number of thioether (sulfide) groups is 1. The lowest BCUT2D eigenvalue weighted by molar-refractivity contribution is -0.126. The minimum Gasteiger partial charge on any atom is -0.300 e. The molecule has 1 heterocycles. The van der Waals surface area contributed by atoms with E-state index >= 15 is 0 Å². The van der Waals surface area contributed by atoms with Crippen LogP contribution in [0.4, 0.5) is 0 Å². The smallest absolute Gasteiger partial charge is 0.137 e. The molecule has 0 bridgehead atoms. The predicted molar refractivity (Wildman–Crippen MR) is 74.5 cm³/mol. The molecule has 17 heavy (non-hydrogen) atoms. The van der Waals surface area contributed by atoms with E-state index in [0.29, 0.717) is 16.4 Å². The first-order valence-corrected chi connectivity index (χ1v) is 7.84. The predicted octanol–water partition coefficient (Wildman–Crippen LogP) is 2.82. The van der Waals surface area contributed by atoms with E-state index in [1.807, 2.05) is 0 Å². The van der Waals surface area contributed by atoms with Gasteiger partial charge in [-0.3, -0.25) is 4.79 Å². The minimum absolute atomic E-state index is 0.317. The zero-order chi connectivity index (χ0) is 12.5. The van der Waals surface area contributed by atoms with E-state index in [1.165, 1.54) is 5.75 Å². The third kappa shape index (κ3) is 3.72. The molecule has 2 fully saturated rings. The maximum Gasteiger partial charge on any atom is 0.137 e. The highest BCUT2D eigenvalue weighted by Gasteiger charge is 2.32. The van der Waals surface area contributed by atoms with Crippen LogP contribution in [0.3, 0.4) is 0 Å². The van der Waals surface area contributed by atoms with Crippen LogP contribution in [0.15, 0.2) is 0 Å². The number of rotatable bonds is 2. The number of carbonyl (C=O) groups is 1. The van der Waals surface area contributed by atoms with Crippen molar-refractivity contribution in [1.29, 1.82) is 0 Å². The summed E-state index contributed by atoms with van der Waals surface area (Å²) in [4.78, 5) is 14.5. The third-order valence-corrected chi connectivity index (χ3v) is 5.31. The summed E-state index contributed by atoms with van der Waals surface area (Å²) in [7, 11) is 0. The molecule has 0 aromatic rings. The molecule has 2 unspecified atom stereocenters. The highest BCUT2D eigenvalue weighted by atomic mass is 32.2. The first kappa shape index (κ1) is 13.4. The Bertz CT molecular complexity index is 290. The Balaban J connectivity index is 1.89. The Morgan fingerprint density at radius 3 is 2.94 bits per heavy atom. The molecule has 1 saturated heterocycles. The van der Waals surface area contributed by atoms with E-state index < -0.39 is 0 Å². The Labute approximate surface area is 110 Å². The van der Waals surface area contributed by atoms with E-state index in [4.69, 9.17) is 0 Å². The molecule has 2 nitrogen and oxygen atoms in total. The van der Waals surface area contributed by atoms with Gasteiger partial charge in [-0.2, -0.15) is 11.8 Å². The van der Waals surface area contributed by atoms with E-state index in [2.05, 4.69) is 37.4 Å². The number of ketones is 1. The maximum absolute atomic E-state index is 11.9. The second-order valence-electron chi connectivity index (χ2n) is 6.39. The van der Waals surface area contributed by atoms with Crippen molar-refractivity contribution in [2.45, 2.75) is 44.8 Å². The van der Waals surface area contributed by atoms with Gasteiger partial charge in [-0.1, -0.05) is 6.92 Å². The van der Waals surface area contributed by atoms with Gasteiger partial charge in [0.05, 0.1) is 0 Å². The van der Waals surface area contributed by atoms with Crippen molar-refractivity contribution >= 4 is 17.5 Å². The van der Waals surface area contributed by atoms with Gasteiger partial charge in [0.15, 0.2) is 0 Å². The van der Waals surface area contributed by atoms with Crippen molar-refractivity contribution in [3.63, 3.8) is 0 Å². The lowest BCUT2D eigenvalue weighted by Crippen LogP contribution is -2.46. The second kappa shape index (κ2) is 5.31. The molecule has 1 aliphatic carbocycles. The van der Waals surface area contributed by atoms with Gasteiger partial charge >= 0.3 is 0 Å². The van der Waals surface area contributed by atoms with Crippen LogP contribution in [-0.4, -0.2) is 40.8 Å². The Hall–Kier alpha value is -0.0200. The minimum atomic E-state index is 0.317. The van der Waals surface area contributed by atoms with Crippen LogP contribution in [-0.2, 0) is 4.79 Å². The molecule has 0 radical (unpaired) electrons. The maximum atomic E-state index is 11.9. The van der Waals surface area contributed by atoms with Crippen molar-refractivity contribution in [2.75, 3.05) is 25.4 Å². The molecule has 2 atom stereocenters. The van der Waals surface area contributed by atoms with Gasteiger partial charge < -0.3 is 4.90 Å². The molecular weight excluding hydrogens is 230 g/mol. The van der Waals surface area contributed by atoms with Crippen molar-refractivity contribution in [1.82, 2.24) is 4.90 Å². The molecule has 98 valence electrons. The average Bonchev–Trinajstić information content (AvgIpc) is 2.22. The van der Waals surface area contributed by atoms with E-state index in [1.54, 1.807) is 0 Å². The van der Waals surface area contributed by atoms with E-state index in [9.17, 15) is 4.79 Å². The second-order valence-corrected chi connectivity index (χ2v) is 8.19. The highest BCUT2D eigenvalue weighted by Crippen LogP contribution is 2.32. The molecule has 2 rings (SSSR count). The van der Waals surface area contributed by atoms with Gasteiger partial charge in [-0.15, -0.1) is 0 Å². The first-order chi connectivity index (χ1) is 7.96. The van der Waals surface area contributed by atoms with Gasteiger partial charge in [0, 0.05) is 42.5 Å². The Morgan fingerprint density at radius 1 is 1.47 bits per heavy atom. The van der Waals surface area contributed by atoms with Crippen molar-refractivity contribution in [2.24, 2.45) is 11.8 Å². The molecule has 0 aromatic heterocycles. The fourth-order valence-corrected chi connectivity index (χ4v) is 4.26. The fourth-order valence-electron chi connectivity index (χ4n) is 3.09. The van der Waals surface area contributed by atoms with Gasteiger partial charge in [-0.25, -0.2) is 0 Å². The summed E-state index contributed by atoms with van der Waals surface area (Å²) in [5, 5.41) is 0. The van der Waals surface area contributed by atoms with Crippen LogP contribution in [0, 0.1) is 11.8 Å². The van der Waals surface area contributed by atoms with Crippen molar-refractivity contribution < 1.29 is 4.79 Å². The number of hydrogen-bond acceptors (Lipinski definition) is 3. The lowest BCUT2D eigenvalue weighted by atomic mass is 9.81. The summed E-state index contributed by atoms with van der Waals surface area (Å²) in [5.74, 6) is 2.78. The fraction of sp³-hybridized carbons (Fsp3) is 0.929. The van der Waals surface area contributed by atoms with Gasteiger partial charge in [0.1, 0.15) is 5.78 Å². The summed E-state index contributed by atoms with van der Waals surface area (Å²) >= 11 is 2.06. The third-order valence-electron chi connectivity index (χ3n) is 4.01. The number of nitrogens with zero attached hydrogens (tertiary/aromatic N) is 1. The molecule has 3 heteroatoms. The van der Waals surface area contributed by atoms with Crippen LogP contribution in [0.2, 0.25) is 0 Å². The SMILES string of the molecule is CC1CCC(=O)C(CN2CCSC(C)(C)C2)C1. The highest BCUT2D eigenvalue weighted by molar-refractivity contribution is 8.00.